The van der Waals surface area contributed by atoms with E-state index in [4.69, 9.17) is 28.3 Å². The zero-order valence-electron chi connectivity index (χ0n) is 14.6. The SMILES string of the molecule is CC1(C)[C@@H]2CC[C@@]1(C)C/C2=N\Nc1nc(-c2ccc(Cl)c(Cl)c2)cs1. The van der Waals surface area contributed by atoms with Crippen molar-refractivity contribution in [3.8, 4) is 11.3 Å². The van der Waals surface area contributed by atoms with E-state index in [1.54, 1.807) is 17.4 Å². The minimum Gasteiger partial charge on any atom is -0.253 e. The van der Waals surface area contributed by atoms with Gasteiger partial charge in [0.25, 0.3) is 0 Å². The van der Waals surface area contributed by atoms with Gasteiger partial charge in [-0.25, -0.2) is 4.98 Å². The zero-order valence-corrected chi connectivity index (χ0v) is 16.9. The van der Waals surface area contributed by atoms with Crippen molar-refractivity contribution in [3.05, 3.63) is 33.6 Å². The van der Waals surface area contributed by atoms with Crippen LogP contribution in [0.5, 0.6) is 0 Å². The maximum absolute atomic E-state index is 6.10. The van der Waals surface area contributed by atoms with Gasteiger partial charge >= 0.3 is 0 Å². The summed E-state index contributed by atoms with van der Waals surface area (Å²) < 4.78 is 0. The van der Waals surface area contributed by atoms with Crippen LogP contribution >= 0.6 is 34.5 Å². The highest BCUT2D eigenvalue weighted by molar-refractivity contribution is 7.14. The quantitative estimate of drug-likeness (QED) is 0.586. The number of anilines is 1. The van der Waals surface area contributed by atoms with Crippen LogP contribution in [0.1, 0.15) is 40.0 Å². The Hall–Kier alpha value is -1.10. The average Bonchev–Trinajstić information content (AvgIpc) is 3.17. The van der Waals surface area contributed by atoms with Gasteiger partial charge in [-0.15, -0.1) is 11.3 Å². The van der Waals surface area contributed by atoms with E-state index in [1.807, 2.05) is 17.5 Å². The van der Waals surface area contributed by atoms with Gasteiger partial charge in [-0.2, -0.15) is 5.10 Å². The van der Waals surface area contributed by atoms with Gasteiger partial charge in [0.2, 0.25) is 5.13 Å². The number of hydrogen-bond donors (Lipinski definition) is 1. The summed E-state index contributed by atoms with van der Waals surface area (Å²) in [7, 11) is 0. The third-order valence-corrected chi connectivity index (χ3v) is 7.89. The summed E-state index contributed by atoms with van der Waals surface area (Å²) in [6, 6.07) is 5.57. The number of thiazole rings is 1. The Balaban J connectivity index is 1.52. The average molecular weight is 394 g/mol. The van der Waals surface area contributed by atoms with Crippen LogP contribution in [0.3, 0.4) is 0 Å². The molecule has 132 valence electrons. The molecule has 25 heavy (non-hydrogen) atoms. The molecule has 2 fully saturated rings. The zero-order chi connectivity index (χ0) is 17.8. The summed E-state index contributed by atoms with van der Waals surface area (Å²) in [5.41, 5.74) is 7.03. The van der Waals surface area contributed by atoms with Crippen molar-refractivity contribution in [3.63, 3.8) is 0 Å². The number of fused-ring (bicyclic) bond motifs is 2. The topological polar surface area (TPSA) is 37.3 Å². The van der Waals surface area contributed by atoms with E-state index in [2.05, 4.69) is 31.2 Å². The monoisotopic (exact) mass is 393 g/mol. The summed E-state index contributed by atoms with van der Waals surface area (Å²) in [6.45, 7) is 7.18. The van der Waals surface area contributed by atoms with Crippen molar-refractivity contribution in [2.24, 2.45) is 21.8 Å². The Bertz CT molecular complexity index is 855. The molecule has 3 nitrogen and oxygen atoms in total. The van der Waals surface area contributed by atoms with Gasteiger partial charge < -0.3 is 0 Å². The van der Waals surface area contributed by atoms with Crippen LogP contribution < -0.4 is 5.43 Å². The minimum atomic E-state index is 0.335. The molecular formula is C19H21Cl2N3S. The third kappa shape index (κ3) is 2.79. The number of nitrogens with zero attached hydrogens (tertiary/aromatic N) is 2. The van der Waals surface area contributed by atoms with Crippen molar-refractivity contribution in [2.45, 2.75) is 40.0 Å². The van der Waals surface area contributed by atoms with Crippen molar-refractivity contribution < 1.29 is 0 Å². The molecule has 2 saturated carbocycles. The lowest BCUT2D eigenvalue weighted by Gasteiger charge is -2.33. The second-order valence-electron chi connectivity index (χ2n) is 7.93. The van der Waals surface area contributed by atoms with E-state index >= 15 is 0 Å². The molecular weight excluding hydrogens is 373 g/mol. The Morgan fingerprint density at radius 2 is 2.04 bits per heavy atom. The van der Waals surface area contributed by atoms with Crippen LogP contribution in [-0.2, 0) is 0 Å². The third-order valence-electron chi connectivity index (χ3n) is 6.40. The Labute approximate surface area is 162 Å². The second-order valence-corrected chi connectivity index (χ2v) is 9.60. The molecule has 2 aliphatic rings. The standard InChI is InChI=1S/C19H21Cl2N3S/c1-18(2)12-6-7-19(18,3)9-15(12)23-24-17-22-16(10-25-17)11-4-5-13(20)14(21)8-11/h4-5,8,10,12H,6-7,9H2,1-3H3,(H,22,24)/b23-15+/t12-,19+/m1/s1. The molecule has 2 atom stereocenters. The second kappa shape index (κ2) is 5.97. The van der Waals surface area contributed by atoms with Gasteiger partial charge in [0, 0.05) is 22.6 Å². The maximum atomic E-state index is 6.10. The van der Waals surface area contributed by atoms with Crippen molar-refractivity contribution >= 4 is 45.4 Å². The molecule has 2 bridgehead atoms. The molecule has 1 aromatic heterocycles. The lowest BCUT2D eigenvalue weighted by atomic mass is 9.71. The number of rotatable bonds is 3. The van der Waals surface area contributed by atoms with Gasteiger partial charge in [-0.1, -0.05) is 50.0 Å². The number of aromatic nitrogens is 1. The Morgan fingerprint density at radius 1 is 1.24 bits per heavy atom. The lowest BCUT2D eigenvalue weighted by molar-refractivity contribution is 0.152. The Morgan fingerprint density at radius 3 is 2.68 bits per heavy atom. The highest BCUT2D eigenvalue weighted by Crippen LogP contribution is 2.64. The van der Waals surface area contributed by atoms with Gasteiger partial charge in [-0.3, -0.25) is 5.43 Å². The molecule has 0 spiro atoms. The first-order valence-electron chi connectivity index (χ1n) is 8.54. The molecule has 0 unspecified atom stereocenters. The van der Waals surface area contributed by atoms with Gasteiger partial charge in [-0.05, 0) is 42.2 Å². The van der Waals surface area contributed by atoms with Crippen molar-refractivity contribution in [1.82, 2.24) is 4.98 Å². The van der Waals surface area contributed by atoms with Gasteiger partial charge in [0.15, 0.2) is 0 Å². The van der Waals surface area contributed by atoms with Crippen LogP contribution in [0.25, 0.3) is 11.3 Å². The van der Waals surface area contributed by atoms with E-state index in [1.165, 1.54) is 18.6 Å². The molecule has 0 saturated heterocycles. The molecule has 2 aromatic rings. The highest BCUT2D eigenvalue weighted by Gasteiger charge is 2.59. The first-order chi connectivity index (χ1) is 11.8. The number of halogens is 2. The van der Waals surface area contributed by atoms with Gasteiger partial charge in [0.1, 0.15) is 0 Å². The predicted octanol–water partition coefficient (Wildman–Crippen LogP) is 6.73. The fraction of sp³-hybridized carbons (Fsp3) is 0.474. The van der Waals surface area contributed by atoms with Crippen LogP contribution in [0.15, 0.2) is 28.7 Å². The first-order valence-corrected chi connectivity index (χ1v) is 10.2. The van der Waals surface area contributed by atoms with E-state index in [-0.39, 0.29) is 0 Å². The molecule has 2 aliphatic carbocycles. The molecule has 4 rings (SSSR count). The fourth-order valence-corrected chi connectivity index (χ4v) is 5.30. The lowest BCUT2D eigenvalue weighted by Crippen LogP contribution is -2.26. The maximum Gasteiger partial charge on any atom is 0.203 e. The predicted molar refractivity (Wildman–Crippen MR) is 108 cm³/mol. The molecule has 1 N–H and O–H groups in total. The minimum absolute atomic E-state index is 0.335. The van der Waals surface area contributed by atoms with Crippen molar-refractivity contribution in [2.75, 3.05) is 5.43 Å². The number of benzene rings is 1. The normalized spacial score (nSPS) is 28.7. The molecule has 0 radical (unpaired) electrons. The van der Waals surface area contributed by atoms with E-state index in [0.29, 0.717) is 26.8 Å². The molecule has 1 aromatic carbocycles. The summed E-state index contributed by atoms with van der Waals surface area (Å²) in [4.78, 5) is 4.63. The van der Waals surface area contributed by atoms with E-state index in [0.717, 1.165) is 22.8 Å². The smallest absolute Gasteiger partial charge is 0.203 e. The van der Waals surface area contributed by atoms with Crippen LogP contribution in [-0.4, -0.2) is 10.7 Å². The van der Waals surface area contributed by atoms with Gasteiger partial charge in [0.05, 0.1) is 15.7 Å². The van der Waals surface area contributed by atoms with E-state index in [9.17, 15) is 0 Å². The summed E-state index contributed by atoms with van der Waals surface area (Å²) >= 11 is 13.6. The highest BCUT2D eigenvalue weighted by atomic mass is 35.5. The first kappa shape index (κ1) is 17.3. The van der Waals surface area contributed by atoms with Crippen LogP contribution in [0.2, 0.25) is 10.0 Å². The fourth-order valence-electron chi connectivity index (χ4n) is 4.34. The summed E-state index contributed by atoms with van der Waals surface area (Å²) in [5, 5.41) is 8.63. The largest absolute Gasteiger partial charge is 0.253 e. The van der Waals surface area contributed by atoms with E-state index < -0.39 is 0 Å². The molecule has 6 heteroatoms. The summed E-state index contributed by atoms with van der Waals surface area (Å²) in [6.07, 6.45) is 3.64. The molecule has 1 heterocycles. The van der Waals surface area contributed by atoms with Crippen LogP contribution in [0.4, 0.5) is 5.13 Å². The Kier molecular flexibility index (Phi) is 4.13. The van der Waals surface area contributed by atoms with Crippen LogP contribution in [0, 0.1) is 16.7 Å². The van der Waals surface area contributed by atoms with Crippen molar-refractivity contribution in [1.29, 1.82) is 0 Å². The summed E-state index contributed by atoms with van der Waals surface area (Å²) in [5.74, 6) is 0.583. The molecule has 0 amide bonds. The number of hydrazone groups is 1. The number of nitrogens with one attached hydrogen (secondary N) is 1. The number of hydrogen-bond acceptors (Lipinski definition) is 4. The molecule has 0 aliphatic heterocycles.